The lowest BCUT2D eigenvalue weighted by Gasteiger charge is -2.16. The van der Waals surface area contributed by atoms with Crippen molar-refractivity contribution in [2.75, 3.05) is 0 Å². The molecule has 0 spiro atoms. The fourth-order valence-corrected chi connectivity index (χ4v) is 5.21. The summed E-state index contributed by atoms with van der Waals surface area (Å²) in [4.78, 5) is 81.5. The van der Waals surface area contributed by atoms with Gasteiger partial charge in [0.05, 0.1) is 27.9 Å². The second kappa shape index (κ2) is 13.0. The van der Waals surface area contributed by atoms with Crippen molar-refractivity contribution in [3.05, 3.63) is 155 Å². The minimum atomic E-state index is -1.59. The number of aromatic nitrogens is 3. The monoisotopic (exact) mass is 700 g/mol. The van der Waals surface area contributed by atoms with E-state index in [0.29, 0.717) is 10.8 Å². The van der Waals surface area contributed by atoms with E-state index in [1.54, 1.807) is 18.2 Å². The first-order valence-corrected chi connectivity index (χ1v) is 14.5. The van der Waals surface area contributed by atoms with Crippen molar-refractivity contribution in [2.24, 2.45) is 0 Å². The van der Waals surface area contributed by atoms with Gasteiger partial charge in [-0.3, -0.25) is 14.2 Å². The molecule has 0 N–H and O–H groups in total. The number of benzene rings is 3. The number of esters is 3. The molecule has 0 amide bonds. The first-order valence-electron chi connectivity index (χ1n) is 13.8. The standard InChI is InChI=1S/C33H15Cl2FN4O9/c34-19-9-10-22(23(35)13-19)32(45)47-25-11-8-18(14-37)26(38-25)48-30(43)17-5-3-4-16(12-17)27(41)40-28(42)24(36)15-39(33(40)46)29-20-6-1-2-7-21(20)31(44)49-29/h1-13,15,29H. The molecule has 1 unspecified atom stereocenters. The minimum absolute atomic E-state index is 0.000972. The number of cyclic esters (lactones) is 1. The molecule has 0 saturated heterocycles. The lowest BCUT2D eigenvalue weighted by molar-refractivity contribution is 0.0303. The molecule has 1 aliphatic rings. The van der Waals surface area contributed by atoms with E-state index in [-0.39, 0.29) is 48.3 Å². The Morgan fingerprint density at radius 2 is 1.65 bits per heavy atom. The first-order chi connectivity index (χ1) is 23.5. The number of nitriles is 1. The lowest BCUT2D eigenvalue weighted by atomic mass is 10.1. The molecule has 3 heterocycles. The summed E-state index contributed by atoms with van der Waals surface area (Å²) in [6.45, 7) is 0. The second-order valence-electron chi connectivity index (χ2n) is 10.1. The number of ether oxygens (including phenoxy) is 3. The summed E-state index contributed by atoms with van der Waals surface area (Å²) in [6, 6.07) is 18.7. The molecule has 6 rings (SSSR count). The second-order valence-corrected chi connectivity index (χ2v) is 10.9. The van der Waals surface area contributed by atoms with E-state index in [0.717, 1.165) is 12.1 Å². The summed E-state index contributed by atoms with van der Waals surface area (Å²) in [5.41, 5.74) is -3.60. The van der Waals surface area contributed by atoms with Gasteiger partial charge in [-0.1, -0.05) is 47.5 Å². The van der Waals surface area contributed by atoms with Gasteiger partial charge in [0, 0.05) is 22.2 Å². The Labute approximate surface area is 282 Å². The van der Waals surface area contributed by atoms with Crippen molar-refractivity contribution in [3.8, 4) is 17.8 Å². The van der Waals surface area contributed by atoms with Gasteiger partial charge in [0.15, 0.2) is 0 Å². The summed E-state index contributed by atoms with van der Waals surface area (Å²) in [6.07, 6.45) is -0.941. The zero-order valence-corrected chi connectivity index (χ0v) is 25.8. The smallest absolute Gasteiger partial charge is 0.346 e. The molecule has 0 fully saturated rings. The van der Waals surface area contributed by atoms with Crippen LogP contribution >= 0.6 is 23.2 Å². The Kier molecular flexibility index (Phi) is 8.62. The van der Waals surface area contributed by atoms with Gasteiger partial charge in [0.2, 0.25) is 23.8 Å². The van der Waals surface area contributed by atoms with Crippen molar-refractivity contribution >= 4 is 47.0 Å². The molecule has 13 nitrogen and oxygen atoms in total. The summed E-state index contributed by atoms with van der Waals surface area (Å²) >= 11 is 11.9. The fraction of sp³-hybridized carbons (Fsp3) is 0.0303. The third-order valence-electron chi connectivity index (χ3n) is 7.03. The van der Waals surface area contributed by atoms with Crippen LogP contribution in [-0.4, -0.2) is 37.9 Å². The van der Waals surface area contributed by atoms with Crippen LogP contribution in [-0.2, 0) is 4.74 Å². The molecule has 5 aromatic rings. The lowest BCUT2D eigenvalue weighted by Crippen LogP contribution is -2.46. The number of nitrogens with zero attached hydrogens (tertiary/aromatic N) is 4. The predicted octanol–water partition coefficient (Wildman–Crippen LogP) is 4.57. The molecule has 16 heteroatoms. The van der Waals surface area contributed by atoms with Crippen LogP contribution in [0.5, 0.6) is 11.8 Å². The number of hydrogen-bond acceptors (Lipinski definition) is 11. The van der Waals surface area contributed by atoms with Crippen LogP contribution in [0.15, 0.2) is 94.6 Å². The van der Waals surface area contributed by atoms with Gasteiger partial charge in [0.1, 0.15) is 11.6 Å². The third kappa shape index (κ3) is 6.19. The van der Waals surface area contributed by atoms with Crippen LogP contribution in [0.25, 0.3) is 0 Å². The fourth-order valence-electron chi connectivity index (χ4n) is 4.73. The van der Waals surface area contributed by atoms with Crippen LogP contribution in [0.3, 0.4) is 0 Å². The average molecular weight is 701 g/mol. The molecule has 1 atom stereocenters. The summed E-state index contributed by atoms with van der Waals surface area (Å²) in [5, 5.41) is 9.79. The topological polar surface area (TPSA) is 177 Å². The Hall–Kier alpha value is -6.43. The molecule has 2 aromatic heterocycles. The highest BCUT2D eigenvalue weighted by Crippen LogP contribution is 2.31. The summed E-state index contributed by atoms with van der Waals surface area (Å²) in [7, 11) is 0. The van der Waals surface area contributed by atoms with Gasteiger partial charge in [-0.25, -0.2) is 19.2 Å². The molecule has 49 heavy (non-hydrogen) atoms. The predicted molar refractivity (Wildman–Crippen MR) is 166 cm³/mol. The Balaban J connectivity index is 1.28. The van der Waals surface area contributed by atoms with Crippen LogP contribution < -0.4 is 20.7 Å². The Morgan fingerprint density at radius 3 is 2.41 bits per heavy atom. The zero-order valence-electron chi connectivity index (χ0n) is 24.3. The van der Waals surface area contributed by atoms with Gasteiger partial charge in [0.25, 0.3) is 11.5 Å². The highest BCUT2D eigenvalue weighted by Gasteiger charge is 2.34. The summed E-state index contributed by atoms with van der Waals surface area (Å²) < 4.78 is 31.1. The quantitative estimate of drug-likeness (QED) is 0.227. The van der Waals surface area contributed by atoms with E-state index >= 15 is 0 Å². The SMILES string of the molecule is N#Cc1ccc(OC(=O)c2ccc(Cl)cc2Cl)nc1OC(=O)c1cccc(C(=O)n2c(=O)c(F)cn(C3OC(=O)c4ccccc43)c2=O)c1. The van der Waals surface area contributed by atoms with E-state index < -0.39 is 58.6 Å². The van der Waals surface area contributed by atoms with E-state index in [4.69, 9.17) is 37.4 Å². The van der Waals surface area contributed by atoms with Gasteiger partial charge >= 0.3 is 23.6 Å². The average Bonchev–Trinajstić information content (AvgIpc) is 3.42. The Bertz CT molecular complexity index is 2420. The number of carbonyl (C=O) groups excluding carboxylic acids is 4. The summed E-state index contributed by atoms with van der Waals surface area (Å²) in [5.74, 6) is -6.62. The van der Waals surface area contributed by atoms with E-state index in [9.17, 15) is 38.4 Å². The van der Waals surface area contributed by atoms with Crippen molar-refractivity contribution in [3.63, 3.8) is 0 Å². The maximum atomic E-state index is 14.9. The minimum Gasteiger partial charge on any atom is -0.433 e. The molecule has 242 valence electrons. The maximum Gasteiger partial charge on any atom is 0.346 e. The molecular weight excluding hydrogens is 686 g/mol. The molecule has 0 aliphatic carbocycles. The van der Waals surface area contributed by atoms with Crippen molar-refractivity contribution in [1.82, 2.24) is 14.1 Å². The molecule has 1 aliphatic heterocycles. The maximum absolute atomic E-state index is 14.9. The number of carbonyl (C=O) groups is 4. The van der Waals surface area contributed by atoms with Crippen LogP contribution in [0, 0.1) is 17.1 Å². The Morgan fingerprint density at radius 1 is 0.898 bits per heavy atom. The van der Waals surface area contributed by atoms with E-state index in [1.165, 1.54) is 54.6 Å². The van der Waals surface area contributed by atoms with Gasteiger partial charge in [-0.05, 0) is 48.5 Å². The van der Waals surface area contributed by atoms with Crippen molar-refractivity contribution in [1.29, 1.82) is 5.26 Å². The van der Waals surface area contributed by atoms with Gasteiger partial charge in [-0.2, -0.15) is 19.2 Å². The highest BCUT2D eigenvalue weighted by molar-refractivity contribution is 6.36. The van der Waals surface area contributed by atoms with Crippen molar-refractivity contribution < 1.29 is 37.8 Å². The number of halogens is 3. The molecule has 0 radical (unpaired) electrons. The third-order valence-corrected chi connectivity index (χ3v) is 7.58. The number of hydrogen-bond donors (Lipinski definition) is 0. The first kappa shape index (κ1) is 32.5. The van der Waals surface area contributed by atoms with Gasteiger partial charge < -0.3 is 14.2 Å². The van der Waals surface area contributed by atoms with E-state index in [2.05, 4.69) is 4.98 Å². The van der Waals surface area contributed by atoms with Crippen molar-refractivity contribution in [2.45, 2.75) is 6.23 Å². The molecule has 3 aromatic carbocycles. The molecule has 0 bridgehead atoms. The van der Waals surface area contributed by atoms with Crippen LogP contribution in [0.1, 0.15) is 58.8 Å². The largest absolute Gasteiger partial charge is 0.433 e. The number of fused-ring (bicyclic) bond motifs is 1. The number of rotatable bonds is 6. The van der Waals surface area contributed by atoms with Crippen LogP contribution in [0.2, 0.25) is 10.0 Å². The normalized spacial score (nSPS) is 13.2. The number of pyridine rings is 1. The molecular formula is C33H15Cl2FN4O9. The zero-order chi connectivity index (χ0) is 35.0. The van der Waals surface area contributed by atoms with Crippen LogP contribution in [0.4, 0.5) is 4.39 Å². The molecule has 0 saturated carbocycles. The van der Waals surface area contributed by atoms with Gasteiger partial charge in [-0.15, -0.1) is 0 Å². The highest BCUT2D eigenvalue weighted by atomic mass is 35.5. The van der Waals surface area contributed by atoms with E-state index in [1.807, 2.05) is 0 Å².